The van der Waals surface area contributed by atoms with Crippen molar-refractivity contribution in [3.8, 4) is 33.6 Å². The van der Waals surface area contributed by atoms with E-state index in [1.165, 1.54) is 39.0 Å². The molecule has 1 nitrogen and oxygen atoms in total. The largest absolute Gasteiger partial charge is 0.248 e. The molecule has 4 aromatic carbocycles. The van der Waals surface area contributed by atoms with Gasteiger partial charge in [-0.15, -0.1) is 0 Å². The fourth-order valence-electron chi connectivity index (χ4n) is 5.93. The molecule has 0 bridgehead atoms. The third-order valence-corrected chi connectivity index (χ3v) is 8.15. The zero-order valence-electron chi connectivity index (χ0n) is 23.6. The number of rotatable bonds is 7. The maximum atomic E-state index is 5.00. The quantitative estimate of drug-likeness (QED) is 0.196. The van der Waals surface area contributed by atoms with E-state index in [0.717, 1.165) is 35.4 Å². The molecule has 0 saturated heterocycles. The first kappa shape index (κ1) is 25.8. The molecule has 40 heavy (non-hydrogen) atoms. The fourth-order valence-corrected chi connectivity index (χ4v) is 5.93. The first-order chi connectivity index (χ1) is 19.5. The Balaban J connectivity index is 1.27. The van der Waals surface area contributed by atoms with Gasteiger partial charge >= 0.3 is 0 Å². The van der Waals surface area contributed by atoms with Gasteiger partial charge in [-0.1, -0.05) is 136 Å². The Bertz CT molecular complexity index is 1650. The normalized spacial score (nSPS) is 13.8. The van der Waals surface area contributed by atoms with Crippen molar-refractivity contribution in [1.29, 1.82) is 0 Å². The molecule has 0 amide bonds. The second-order valence-electron chi connectivity index (χ2n) is 11.1. The van der Waals surface area contributed by atoms with E-state index in [4.69, 9.17) is 4.98 Å². The fraction of sp³-hybridized carbons (Fsp3) is 0.154. The molecule has 0 atom stereocenters. The van der Waals surface area contributed by atoms with Gasteiger partial charge in [0.25, 0.3) is 0 Å². The molecule has 0 unspecified atom stereocenters. The van der Waals surface area contributed by atoms with E-state index >= 15 is 0 Å². The van der Waals surface area contributed by atoms with Crippen molar-refractivity contribution in [3.63, 3.8) is 0 Å². The van der Waals surface area contributed by atoms with E-state index in [9.17, 15) is 0 Å². The maximum Gasteiger partial charge on any atom is 0.0712 e. The van der Waals surface area contributed by atoms with Gasteiger partial charge in [0.05, 0.1) is 11.4 Å². The van der Waals surface area contributed by atoms with Crippen LogP contribution in [0.15, 0.2) is 133 Å². The number of fused-ring (bicyclic) bond motifs is 3. The van der Waals surface area contributed by atoms with Crippen molar-refractivity contribution in [1.82, 2.24) is 4.98 Å². The summed E-state index contributed by atoms with van der Waals surface area (Å²) in [5.41, 5.74) is 13.8. The standard InChI is InChI=1S/C39H35N/c1-4-29(32-23-24-34-33-21-13-14-22-35(33)39(2,3)36(34)27-32)16-12-11-15-28-25-37(30-17-7-5-8-18-30)40-38(26-28)31-19-9-6-10-20-31/h5-14,16-27H,4,15H2,1-3H3/b12-11-,29-16+. The highest BCUT2D eigenvalue weighted by Gasteiger charge is 2.35. The zero-order valence-corrected chi connectivity index (χ0v) is 23.6. The summed E-state index contributed by atoms with van der Waals surface area (Å²) < 4.78 is 0. The van der Waals surface area contributed by atoms with Crippen molar-refractivity contribution >= 4 is 5.57 Å². The Morgan fingerprint density at radius 1 is 0.675 bits per heavy atom. The van der Waals surface area contributed by atoms with Crippen LogP contribution >= 0.6 is 0 Å². The Hall–Kier alpha value is -4.49. The smallest absolute Gasteiger partial charge is 0.0712 e. The molecule has 0 radical (unpaired) electrons. The summed E-state index contributed by atoms with van der Waals surface area (Å²) in [6, 6.07) is 41.2. The molecule has 1 aromatic heterocycles. The number of hydrogen-bond donors (Lipinski definition) is 0. The van der Waals surface area contributed by atoms with Gasteiger partial charge in [-0.3, -0.25) is 0 Å². The molecule has 6 rings (SSSR count). The lowest BCUT2D eigenvalue weighted by Crippen LogP contribution is -2.15. The van der Waals surface area contributed by atoms with Crippen LogP contribution in [0.2, 0.25) is 0 Å². The number of aromatic nitrogens is 1. The minimum Gasteiger partial charge on any atom is -0.248 e. The van der Waals surface area contributed by atoms with E-state index in [-0.39, 0.29) is 5.41 Å². The first-order valence-electron chi connectivity index (χ1n) is 14.3. The molecule has 0 fully saturated rings. The molecule has 0 spiro atoms. The van der Waals surface area contributed by atoms with Crippen LogP contribution in [0, 0.1) is 0 Å². The van der Waals surface area contributed by atoms with E-state index in [2.05, 4.69) is 142 Å². The van der Waals surface area contributed by atoms with Crippen LogP contribution in [0.1, 0.15) is 49.4 Å². The minimum atomic E-state index is 0.0187. The van der Waals surface area contributed by atoms with Gasteiger partial charge in [-0.05, 0) is 70.0 Å². The van der Waals surface area contributed by atoms with Crippen molar-refractivity contribution < 1.29 is 0 Å². The second kappa shape index (κ2) is 10.9. The predicted octanol–water partition coefficient (Wildman–Crippen LogP) is 10.3. The Morgan fingerprint density at radius 2 is 1.27 bits per heavy atom. The average molecular weight is 518 g/mol. The summed E-state index contributed by atoms with van der Waals surface area (Å²) in [5, 5.41) is 0. The molecular formula is C39H35N. The summed E-state index contributed by atoms with van der Waals surface area (Å²) in [6.45, 7) is 6.94. The Labute approximate surface area is 238 Å². The lowest BCUT2D eigenvalue weighted by Gasteiger charge is -2.22. The monoisotopic (exact) mass is 517 g/mol. The SMILES string of the molecule is CC/C(=C\C=C/Cc1cc(-c2ccccc2)nc(-c2ccccc2)c1)c1ccc2c(c1)C(C)(C)c1ccccc1-2. The van der Waals surface area contributed by atoms with Gasteiger partial charge < -0.3 is 0 Å². The molecule has 1 heterocycles. The van der Waals surface area contributed by atoms with E-state index in [0.29, 0.717) is 0 Å². The summed E-state index contributed by atoms with van der Waals surface area (Å²) in [7, 11) is 0. The topological polar surface area (TPSA) is 12.9 Å². The van der Waals surface area contributed by atoms with Crippen LogP contribution in [-0.2, 0) is 11.8 Å². The number of nitrogens with zero attached hydrogens (tertiary/aromatic N) is 1. The molecule has 0 N–H and O–H groups in total. The number of pyridine rings is 1. The number of allylic oxidation sites excluding steroid dienone is 4. The lowest BCUT2D eigenvalue weighted by atomic mass is 9.81. The van der Waals surface area contributed by atoms with Crippen LogP contribution in [-0.4, -0.2) is 4.98 Å². The zero-order chi connectivity index (χ0) is 27.5. The van der Waals surface area contributed by atoms with Gasteiger partial charge in [0.2, 0.25) is 0 Å². The molecule has 0 aliphatic heterocycles. The molecule has 1 heteroatoms. The second-order valence-corrected chi connectivity index (χ2v) is 11.1. The Kier molecular flexibility index (Phi) is 7.05. The molecule has 1 aliphatic carbocycles. The average Bonchev–Trinajstić information content (AvgIpc) is 3.24. The van der Waals surface area contributed by atoms with Crippen molar-refractivity contribution in [2.24, 2.45) is 0 Å². The number of hydrogen-bond acceptors (Lipinski definition) is 1. The van der Waals surface area contributed by atoms with Gasteiger partial charge in [0.15, 0.2) is 0 Å². The highest BCUT2D eigenvalue weighted by molar-refractivity contribution is 5.83. The number of benzene rings is 4. The summed E-state index contributed by atoms with van der Waals surface area (Å²) in [4.78, 5) is 5.00. The van der Waals surface area contributed by atoms with Crippen molar-refractivity contribution in [2.45, 2.75) is 39.0 Å². The minimum absolute atomic E-state index is 0.0187. The Morgan fingerprint density at radius 3 is 1.93 bits per heavy atom. The molecule has 196 valence electrons. The molecule has 0 saturated carbocycles. The van der Waals surface area contributed by atoms with Crippen LogP contribution < -0.4 is 0 Å². The molecule has 1 aliphatic rings. The van der Waals surface area contributed by atoms with Crippen LogP contribution in [0.5, 0.6) is 0 Å². The van der Waals surface area contributed by atoms with E-state index < -0.39 is 0 Å². The van der Waals surface area contributed by atoms with Crippen LogP contribution in [0.25, 0.3) is 39.2 Å². The first-order valence-corrected chi connectivity index (χ1v) is 14.3. The van der Waals surface area contributed by atoms with Gasteiger partial charge in [-0.2, -0.15) is 0 Å². The molecule has 5 aromatic rings. The van der Waals surface area contributed by atoms with Gasteiger partial charge in [0, 0.05) is 16.5 Å². The highest BCUT2D eigenvalue weighted by Crippen LogP contribution is 2.49. The maximum absolute atomic E-state index is 5.00. The van der Waals surface area contributed by atoms with E-state index in [1.807, 2.05) is 12.1 Å². The highest BCUT2D eigenvalue weighted by atomic mass is 14.7. The third kappa shape index (κ3) is 4.96. The van der Waals surface area contributed by atoms with Gasteiger partial charge in [0.1, 0.15) is 0 Å². The summed E-state index contributed by atoms with van der Waals surface area (Å²) in [6.07, 6.45) is 8.61. The van der Waals surface area contributed by atoms with E-state index in [1.54, 1.807) is 0 Å². The van der Waals surface area contributed by atoms with Crippen LogP contribution in [0.3, 0.4) is 0 Å². The summed E-state index contributed by atoms with van der Waals surface area (Å²) in [5.74, 6) is 0. The van der Waals surface area contributed by atoms with Crippen molar-refractivity contribution in [2.75, 3.05) is 0 Å². The summed E-state index contributed by atoms with van der Waals surface area (Å²) >= 11 is 0. The lowest BCUT2D eigenvalue weighted by molar-refractivity contribution is 0.660. The molecular weight excluding hydrogens is 482 g/mol. The van der Waals surface area contributed by atoms with Crippen LogP contribution in [0.4, 0.5) is 0 Å². The van der Waals surface area contributed by atoms with Gasteiger partial charge in [-0.25, -0.2) is 4.98 Å². The van der Waals surface area contributed by atoms with Crippen molar-refractivity contribution in [3.05, 3.63) is 156 Å². The predicted molar refractivity (Wildman–Crippen MR) is 170 cm³/mol. The third-order valence-electron chi connectivity index (χ3n) is 8.15.